The Kier molecular flexibility index (Phi) is 6.54. The number of amides is 1. The molecule has 2 aromatic carbocycles. The number of rotatable bonds is 6. The second-order valence-electron chi connectivity index (χ2n) is 7.24. The summed E-state index contributed by atoms with van der Waals surface area (Å²) in [5.41, 5.74) is 1.47. The van der Waals surface area contributed by atoms with Crippen molar-refractivity contribution in [3.05, 3.63) is 53.1 Å². The first kappa shape index (κ1) is 21.3. The Balaban J connectivity index is 2.10. The van der Waals surface area contributed by atoms with Gasteiger partial charge in [-0.15, -0.1) is 0 Å². The molecule has 5 nitrogen and oxygen atoms in total. The molecule has 1 N–H and O–H groups in total. The monoisotopic (exact) mass is 409 g/mol. The Morgan fingerprint density at radius 1 is 1.11 bits per heavy atom. The zero-order chi connectivity index (χ0) is 20.2. The average Bonchev–Trinajstić information content (AvgIpc) is 2.59. The van der Waals surface area contributed by atoms with Crippen LogP contribution in [0, 0.1) is 0 Å². The van der Waals surface area contributed by atoms with Crippen molar-refractivity contribution < 1.29 is 17.9 Å². The van der Waals surface area contributed by atoms with Crippen molar-refractivity contribution in [3.63, 3.8) is 0 Å². The fourth-order valence-electron chi connectivity index (χ4n) is 2.47. The molecule has 0 aliphatic carbocycles. The fraction of sp³-hybridized carbons (Fsp3) is 0.350. The van der Waals surface area contributed by atoms with Crippen LogP contribution in [0.1, 0.15) is 32.8 Å². The first-order valence-electron chi connectivity index (χ1n) is 8.49. The van der Waals surface area contributed by atoms with Gasteiger partial charge in [0.1, 0.15) is 5.75 Å². The van der Waals surface area contributed by atoms with E-state index in [0.29, 0.717) is 16.5 Å². The summed E-state index contributed by atoms with van der Waals surface area (Å²) in [5.74, 6) is -0.157. The van der Waals surface area contributed by atoms with E-state index in [0.717, 1.165) is 5.56 Å². The number of sulfone groups is 1. The third-order valence-electron chi connectivity index (χ3n) is 4.11. The van der Waals surface area contributed by atoms with E-state index < -0.39 is 15.7 Å². The Morgan fingerprint density at radius 2 is 1.74 bits per heavy atom. The number of methoxy groups -OCH3 is 1. The van der Waals surface area contributed by atoms with Crippen LogP contribution in [0.2, 0.25) is 5.02 Å². The predicted molar refractivity (Wildman–Crippen MR) is 108 cm³/mol. The highest BCUT2D eigenvalue weighted by molar-refractivity contribution is 7.91. The average molecular weight is 410 g/mol. The number of benzene rings is 2. The van der Waals surface area contributed by atoms with E-state index >= 15 is 0 Å². The first-order chi connectivity index (χ1) is 12.5. The molecular weight excluding hydrogens is 386 g/mol. The second kappa shape index (κ2) is 8.31. The van der Waals surface area contributed by atoms with Crippen LogP contribution in [0.5, 0.6) is 5.75 Å². The maximum absolute atomic E-state index is 12.4. The van der Waals surface area contributed by atoms with Crippen LogP contribution < -0.4 is 10.1 Å². The van der Waals surface area contributed by atoms with Crippen LogP contribution in [-0.2, 0) is 20.0 Å². The van der Waals surface area contributed by atoms with Crippen molar-refractivity contribution in [2.75, 3.05) is 18.2 Å². The van der Waals surface area contributed by atoms with Gasteiger partial charge >= 0.3 is 0 Å². The SMILES string of the molecule is COc1ccc(C(C)(C)C)cc1NC(=O)CCS(=O)(=O)c1ccc(Cl)cc1. The summed E-state index contributed by atoms with van der Waals surface area (Å²) in [4.78, 5) is 12.5. The molecule has 0 bridgehead atoms. The second-order valence-corrected chi connectivity index (χ2v) is 9.78. The van der Waals surface area contributed by atoms with Crippen LogP contribution >= 0.6 is 11.6 Å². The number of halogens is 1. The number of ether oxygens (including phenoxy) is 1. The Hall–Kier alpha value is -2.05. The predicted octanol–water partition coefficient (Wildman–Crippen LogP) is 4.45. The van der Waals surface area contributed by atoms with E-state index in [4.69, 9.17) is 16.3 Å². The topological polar surface area (TPSA) is 72.5 Å². The summed E-state index contributed by atoms with van der Waals surface area (Å²) in [6, 6.07) is 11.5. The summed E-state index contributed by atoms with van der Waals surface area (Å²) < 4.78 is 30.0. The normalized spacial score (nSPS) is 11.9. The molecule has 7 heteroatoms. The highest BCUT2D eigenvalue weighted by Gasteiger charge is 2.19. The standard InChI is InChI=1S/C20H24ClNO4S/c1-20(2,3)14-5-10-18(26-4)17(13-14)22-19(23)11-12-27(24,25)16-8-6-15(21)7-9-16/h5-10,13H,11-12H2,1-4H3,(H,22,23). The molecule has 0 aliphatic heterocycles. The lowest BCUT2D eigenvalue weighted by molar-refractivity contribution is -0.115. The molecule has 2 rings (SSSR count). The molecule has 0 saturated carbocycles. The number of carbonyl (C=O) groups is 1. The van der Waals surface area contributed by atoms with Crippen molar-refractivity contribution in [1.82, 2.24) is 0 Å². The lowest BCUT2D eigenvalue weighted by Crippen LogP contribution is -2.18. The molecular formula is C20H24ClNO4S. The Morgan fingerprint density at radius 3 is 2.30 bits per heavy atom. The smallest absolute Gasteiger partial charge is 0.225 e. The van der Waals surface area contributed by atoms with Crippen LogP contribution in [-0.4, -0.2) is 27.2 Å². The van der Waals surface area contributed by atoms with Crippen LogP contribution in [0.3, 0.4) is 0 Å². The van der Waals surface area contributed by atoms with Crippen molar-refractivity contribution in [1.29, 1.82) is 0 Å². The molecule has 0 heterocycles. The summed E-state index contributed by atoms with van der Waals surface area (Å²) in [7, 11) is -2.04. The molecule has 2 aromatic rings. The van der Waals surface area contributed by atoms with E-state index in [2.05, 4.69) is 26.1 Å². The fourth-order valence-corrected chi connectivity index (χ4v) is 3.84. The third-order valence-corrected chi connectivity index (χ3v) is 6.09. The van der Waals surface area contributed by atoms with Gasteiger partial charge in [-0.3, -0.25) is 4.79 Å². The summed E-state index contributed by atoms with van der Waals surface area (Å²) in [5, 5.41) is 3.21. The molecule has 1 amide bonds. The van der Waals surface area contributed by atoms with E-state index in [1.54, 1.807) is 6.07 Å². The molecule has 0 radical (unpaired) electrons. The molecule has 146 valence electrons. The Bertz CT molecular complexity index is 916. The number of carbonyl (C=O) groups excluding carboxylic acids is 1. The molecule has 0 unspecified atom stereocenters. The van der Waals surface area contributed by atoms with Crippen LogP contribution in [0.4, 0.5) is 5.69 Å². The van der Waals surface area contributed by atoms with Gasteiger partial charge in [0.2, 0.25) is 5.91 Å². The van der Waals surface area contributed by atoms with Crippen molar-refractivity contribution in [2.24, 2.45) is 0 Å². The van der Waals surface area contributed by atoms with Crippen molar-refractivity contribution >= 4 is 33.0 Å². The number of anilines is 1. The van der Waals surface area contributed by atoms with E-state index in [-0.39, 0.29) is 22.5 Å². The van der Waals surface area contributed by atoms with Gasteiger partial charge in [-0.25, -0.2) is 8.42 Å². The molecule has 0 fully saturated rings. The summed E-state index contributed by atoms with van der Waals surface area (Å²) in [6.07, 6.45) is -0.159. The van der Waals surface area contributed by atoms with Gasteiger partial charge in [0.15, 0.2) is 9.84 Å². The molecule has 0 aliphatic rings. The van der Waals surface area contributed by atoms with Crippen LogP contribution in [0.25, 0.3) is 0 Å². The van der Waals surface area contributed by atoms with Gasteiger partial charge in [0, 0.05) is 11.4 Å². The van der Waals surface area contributed by atoms with Crippen molar-refractivity contribution in [3.8, 4) is 5.75 Å². The lowest BCUT2D eigenvalue weighted by atomic mass is 9.87. The first-order valence-corrected chi connectivity index (χ1v) is 10.5. The van der Waals surface area contributed by atoms with E-state index in [1.807, 2.05) is 12.1 Å². The minimum absolute atomic E-state index is 0.0936. The quantitative estimate of drug-likeness (QED) is 0.765. The molecule has 0 saturated heterocycles. The van der Waals surface area contributed by atoms with E-state index in [1.165, 1.54) is 31.4 Å². The minimum Gasteiger partial charge on any atom is -0.495 e. The van der Waals surface area contributed by atoms with Gasteiger partial charge < -0.3 is 10.1 Å². The van der Waals surface area contributed by atoms with Gasteiger partial charge in [0.05, 0.1) is 23.4 Å². The molecule has 0 aromatic heterocycles. The Labute approximate surface area is 165 Å². The van der Waals surface area contributed by atoms with Crippen LogP contribution in [0.15, 0.2) is 47.4 Å². The molecule has 0 atom stereocenters. The minimum atomic E-state index is -3.56. The molecule has 0 spiro atoms. The number of hydrogen-bond donors (Lipinski definition) is 1. The highest BCUT2D eigenvalue weighted by atomic mass is 35.5. The van der Waals surface area contributed by atoms with Gasteiger partial charge in [-0.05, 0) is 47.4 Å². The van der Waals surface area contributed by atoms with Gasteiger partial charge in [-0.1, -0.05) is 38.4 Å². The summed E-state index contributed by atoms with van der Waals surface area (Å²) in [6.45, 7) is 6.21. The number of nitrogens with one attached hydrogen (secondary N) is 1. The van der Waals surface area contributed by atoms with E-state index in [9.17, 15) is 13.2 Å². The zero-order valence-corrected chi connectivity index (χ0v) is 17.4. The zero-order valence-electron chi connectivity index (χ0n) is 15.9. The highest BCUT2D eigenvalue weighted by Crippen LogP contribution is 2.31. The maximum Gasteiger partial charge on any atom is 0.225 e. The number of hydrogen-bond acceptors (Lipinski definition) is 4. The van der Waals surface area contributed by atoms with Crippen molar-refractivity contribution in [2.45, 2.75) is 37.5 Å². The van der Waals surface area contributed by atoms with Gasteiger partial charge in [0.25, 0.3) is 0 Å². The lowest BCUT2D eigenvalue weighted by Gasteiger charge is -2.21. The van der Waals surface area contributed by atoms with Gasteiger partial charge in [-0.2, -0.15) is 0 Å². The third kappa shape index (κ3) is 5.71. The largest absolute Gasteiger partial charge is 0.495 e. The molecule has 27 heavy (non-hydrogen) atoms. The summed E-state index contributed by atoms with van der Waals surface area (Å²) >= 11 is 5.78. The maximum atomic E-state index is 12.4.